The molecule has 2 aromatic carbocycles. The van der Waals surface area contributed by atoms with Gasteiger partial charge in [-0.25, -0.2) is 0 Å². The molecule has 4 nitrogen and oxygen atoms in total. The van der Waals surface area contributed by atoms with E-state index in [-0.39, 0.29) is 11.7 Å². The number of rotatable bonds is 1. The lowest BCUT2D eigenvalue weighted by molar-refractivity contribution is -0.110. The molecule has 3 N–H and O–H groups in total. The van der Waals surface area contributed by atoms with Crippen molar-refractivity contribution in [3.63, 3.8) is 0 Å². The lowest BCUT2D eigenvalue weighted by Crippen LogP contribution is -2.03. The molecule has 2 heterocycles. The number of H-pyrrole nitrogens is 1. The molecule has 0 fully saturated rings. The number of fused-ring (bicyclic) bond motifs is 2. The van der Waals surface area contributed by atoms with Crippen LogP contribution in [0.25, 0.3) is 22.6 Å². The third-order valence-corrected chi connectivity index (χ3v) is 4.02. The van der Waals surface area contributed by atoms with Gasteiger partial charge in [0.15, 0.2) is 0 Å². The van der Waals surface area contributed by atoms with Gasteiger partial charge in [-0.2, -0.15) is 0 Å². The second kappa shape index (κ2) is 4.49. The molecule has 4 heteroatoms. The first-order valence-corrected chi connectivity index (χ1v) is 7.07. The summed E-state index contributed by atoms with van der Waals surface area (Å²) in [6, 6.07) is 12.9. The van der Waals surface area contributed by atoms with Gasteiger partial charge in [0.25, 0.3) is 5.91 Å². The van der Waals surface area contributed by atoms with Crippen molar-refractivity contribution in [3.8, 4) is 5.75 Å². The first-order chi connectivity index (χ1) is 10.6. The topological polar surface area (TPSA) is 65.1 Å². The van der Waals surface area contributed by atoms with E-state index in [1.54, 1.807) is 18.2 Å². The molecule has 0 spiro atoms. The van der Waals surface area contributed by atoms with E-state index in [2.05, 4.69) is 10.3 Å². The number of carbonyl (C=O) groups excluding carboxylic acids is 1. The van der Waals surface area contributed by atoms with Gasteiger partial charge in [-0.1, -0.05) is 18.2 Å². The smallest absolute Gasteiger partial charge is 0.256 e. The number of benzene rings is 2. The maximum atomic E-state index is 12.2. The third-order valence-electron chi connectivity index (χ3n) is 4.02. The van der Waals surface area contributed by atoms with Gasteiger partial charge in [-0.15, -0.1) is 0 Å². The fraction of sp³-hybridized carbons (Fsp3) is 0.0556. The number of phenols is 1. The number of anilines is 1. The molecule has 3 aromatic rings. The van der Waals surface area contributed by atoms with Crippen LogP contribution < -0.4 is 5.32 Å². The van der Waals surface area contributed by atoms with Crippen molar-refractivity contribution in [2.45, 2.75) is 6.92 Å². The Bertz CT molecular complexity index is 951. The summed E-state index contributed by atoms with van der Waals surface area (Å²) in [6.45, 7) is 1.99. The number of aromatic amines is 1. The number of amides is 1. The maximum absolute atomic E-state index is 12.2. The zero-order valence-electron chi connectivity index (χ0n) is 12.0. The Morgan fingerprint density at radius 2 is 1.95 bits per heavy atom. The highest BCUT2D eigenvalue weighted by Crippen LogP contribution is 2.36. The average Bonchev–Trinajstić information content (AvgIpc) is 2.98. The number of carbonyl (C=O) groups is 1. The number of hydrogen-bond acceptors (Lipinski definition) is 2. The molecule has 0 saturated heterocycles. The predicted octanol–water partition coefficient (Wildman–Crippen LogP) is 3.67. The average molecular weight is 290 g/mol. The summed E-state index contributed by atoms with van der Waals surface area (Å²) in [7, 11) is 0. The minimum atomic E-state index is -0.148. The first kappa shape index (κ1) is 12.7. The van der Waals surface area contributed by atoms with Gasteiger partial charge in [0, 0.05) is 39.0 Å². The minimum Gasteiger partial charge on any atom is -0.508 e. The van der Waals surface area contributed by atoms with Crippen molar-refractivity contribution in [2.75, 3.05) is 5.32 Å². The fourth-order valence-electron chi connectivity index (χ4n) is 2.95. The van der Waals surface area contributed by atoms with E-state index in [1.807, 2.05) is 37.3 Å². The maximum Gasteiger partial charge on any atom is 0.256 e. The van der Waals surface area contributed by atoms with E-state index in [0.29, 0.717) is 5.57 Å². The molecule has 1 aliphatic heterocycles. The van der Waals surface area contributed by atoms with Crippen LogP contribution in [0, 0.1) is 6.92 Å². The van der Waals surface area contributed by atoms with Crippen molar-refractivity contribution in [3.05, 3.63) is 59.3 Å². The van der Waals surface area contributed by atoms with E-state index in [0.717, 1.165) is 33.4 Å². The molecule has 4 rings (SSSR count). The largest absolute Gasteiger partial charge is 0.508 e. The lowest BCUT2D eigenvalue weighted by Gasteiger charge is -2.00. The molecule has 1 amide bonds. The molecule has 0 bridgehead atoms. The van der Waals surface area contributed by atoms with Crippen molar-refractivity contribution >= 4 is 34.1 Å². The normalized spacial score (nSPS) is 15.3. The summed E-state index contributed by atoms with van der Waals surface area (Å²) in [6.07, 6.45) is 1.88. The number of aromatic nitrogens is 1. The van der Waals surface area contributed by atoms with E-state index < -0.39 is 0 Å². The Hall–Kier alpha value is -3.01. The van der Waals surface area contributed by atoms with Gasteiger partial charge in [0.05, 0.1) is 0 Å². The minimum absolute atomic E-state index is 0.148. The lowest BCUT2D eigenvalue weighted by atomic mass is 10.0. The van der Waals surface area contributed by atoms with Crippen LogP contribution in [-0.2, 0) is 4.79 Å². The van der Waals surface area contributed by atoms with Gasteiger partial charge in [-0.3, -0.25) is 4.79 Å². The Morgan fingerprint density at radius 1 is 1.14 bits per heavy atom. The quantitative estimate of drug-likeness (QED) is 0.473. The van der Waals surface area contributed by atoms with Crippen molar-refractivity contribution in [1.82, 2.24) is 4.98 Å². The van der Waals surface area contributed by atoms with Crippen LogP contribution in [-0.4, -0.2) is 16.0 Å². The number of nitrogens with one attached hydrogen (secondary N) is 2. The summed E-state index contributed by atoms with van der Waals surface area (Å²) in [5.41, 5.74) is 5.08. The summed E-state index contributed by atoms with van der Waals surface area (Å²) in [4.78, 5) is 15.6. The van der Waals surface area contributed by atoms with E-state index in [9.17, 15) is 9.90 Å². The van der Waals surface area contributed by atoms with E-state index >= 15 is 0 Å². The molecule has 22 heavy (non-hydrogen) atoms. The molecule has 1 aliphatic rings. The molecule has 108 valence electrons. The molecular weight excluding hydrogens is 276 g/mol. The van der Waals surface area contributed by atoms with Gasteiger partial charge in [0.2, 0.25) is 0 Å². The Balaban J connectivity index is 1.95. The van der Waals surface area contributed by atoms with Crippen LogP contribution >= 0.6 is 0 Å². The van der Waals surface area contributed by atoms with E-state index in [4.69, 9.17) is 0 Å². The van der Waals surface area contributed by atoms with Crippen LogP contribution in [0.3, 0.4) is 0 Å². The molecule has 0 unspecified atom stereocenters. The van der Waals surface area contributed by atoms with Crippen LogP contribution in [0.15, 0.2) is 42.5 Å². The van der Waals surface area contributed by atoms with Gasteiger partial charge in [0.1, 0.15) is 5.75 Å². The zero-order valence-corrected chi connectivity index (χ0v) is 12.0. The Labute approximate surface area is 127 Å². The fourth-order valence-corrected chi connectivity index (χ4v) is 2.95. The zero-order chi connectivity index (χ0) is 15.3. The molecule has 0 atom stereocenters. The van der Waals surface area contributed by atoms with Crippen molar-refractivity contribution < 1.29 is 9.90 Å². The van der Waals surface area contributed by atoms with Crippen LogP contribution in [0.2, 0.25) is 0 Å². The summed E-state index contributed by atoms with van der Waals surface area (Å²) >= 11 is 0. The number of aromatic hydroxyl groups is 1. The highest BCUT2D eigenvalue weighted by Gasteiger charge is 2.25. The highest BCUT2D eigenvalue weighted by atomic mass is 16.3. The van der Waals surface area contributed by atoms with Gasteiger partial charge in [-0.05, 0) is 37.3 Å². The Morgan fingerprint density at radius 3 is 2.82 bits per heavy atom. The second-order valence-electron chi connectivity index (χ2n) is 5.45. The Kier molecular flexibility index (Phi) is 2.60. The summed E-state index contributed by atoms with van der Waals surface area (Å²) in [5, 5.41) is 13.6. The SMILES string of the molecule is Cc1[nH]c2ccccc2c1C=C1C(=O)Nc2ccc(O)cc21. The number of aryl methyl sites for hydroxylation is 1. The van der Waals surface area contributed by atoms with Crippen molar-refractivity contribution in [2.24, 2.45) is 0 Å². The monoisotopic (exact) mass is 290 g/mol. The van der Waals surface area contributed by atoms with E-state index in [1.165, 1.54) is 0 Å². The van der Waals surface area contributed by atoms with Gasteiger partial charge >= 0.3 is 0 Å². The number of hydrogen-bond donors (Lipinski definition) is 3. The van der Waals surface area contributed by atoms with Crippen molar-refractivity contribution in [1.29, 1.82) is 0 Å². The molecule has 0 saturated carbocycles. The third kappa shape index (κ3) is 1.81. The predicted molar refractivity (Wildman–Crippen MR) is 87.6 cm³/mol. The highest BCUT2D eigenvalue weighted by molar-refractivity contribution is 6.35. The summed E-state index contributed by atoms with van der Waals surface area (Å²) in [5.74, 6) is 0.00193. The standard InChI is InChI=1S/C18H14N2O2/c1-10-13(12-4-2-3-5-16(12)19-10)9-15-14-8-11(21)6-7-17(14)20-18(15)22/h2-9,19,21H,1H3,(H,20,22). The van der Waals surface area contributed by atoms with Crippen LogP contribution in [0.5, 0.6) is 5.75 Å². The summed E-state index contributed by atoms with van der Waals surface area (Å²) < 4.78 is 0. The second-order valence-corrected chi connectivity index (χ2v) is 5.45. The van der Waals surface area contributed by atoms with Crippen LogP contribution in [0.4, 0.5) is 5.69 Å². The van der Waals surface area contributed by atoms with Crippen LogP contribution in [0.1, 0.15) is 16.8 Å². The first-order valence-electron chi connectivity index (χ1n) is 7.07. The molecular formula is C18H14N2O2. The molecule has 0 aliphatic carbocycles. The number of para-hydroxylation sites is 1. The molecule has 0 radical (unpaired) electrons. The van der Waals surface area contributed by atoms with Gasteiger partial charge < -0.3 is 15.4 Å². The number of phenolic OH excluding ortho intramolecular Hbond substituents is 1. The molecule has 1 aromatic heterocycles.